The number of ether oxygens (including phenoxy) is 2. The van der Waals surface area contributed by atoms with Gasteiger partial charge in [0.1, 0.15) is 11.5 Å². The average Bonchev–Trinajstić information content (AvgIpc) is 2.42. The van der Waals surface area contributed by atoms with Crippen LogP contribution in [0.1, 0.15) is 6.92 Å². The molecule has 0 aromatic heterocycles. The second-order valence-electron chi connectivity index (χ2n) is 3.73. The second kappa shape index (κ2) is 7.55. The number of carbonyl (C=O) groups excluding carboxylic acids is 1. The number of likely N-dealkylation sites (N-methyl/N-ethyl adjacent to an activating group) is 1. The Morgan fingerprint density at radius 1 is 1.39 bits per heavy atom. The van der Waals surface area contributed by atoms with Gasteiger partial charge in [-0.3, -0.25) is 4.79 Å². The zero-order valence-corrected chi connectivity index (χ0v) is 10.9. The Morgan fingerprint density at radius 3 is 2.72 bits per heavy atom. The largest absolute Gasteiger partial charge is 0.497 e. The summed E-state index contributed by atoms with van der Waals surface area (Å²) in [7, 11) is 1.59. The molecule has 100 valence electrons. The van der Waals surface area contributed by atoms with Crippen molar-refractivity contribution in [3.05, 3.63) is 24.3 Å². The molecule has 0 aliphatic rings. The molecule has 0 atom stereocenters. The van der Waals surface area contributed by atoms with E-state index in [0.717, 1.165) is 0 Å². The first-order valence-electron chi connectivity index (χ1n) is 5.96. The summed E-state index contributed by atoms with van der Waals surface area (Å²) in [6.07, 6.45) is 0. The lowest BCUT2D eigenvalue weighted by molar-refractivity contribution is -0.133. The number of benzene rings is 1. The van der Waals surface area contributed by atoms with Crippen LogP contribution in [0.15, 0.2) is 24.3 Å². The van der Waals surface area contributed by atoms with Gasteiger partial charge < -0.3 is 20.1 Å². The minimum atomic E-state index is -0.0641. The van der Waals surface area contributed by atoms with Gasteiger partial charge in [-0.15, -0.1) is 0 Å². The maximum absolute atomic E-state index is 11.8. The van der Waals surface area contributed by atoms with E-state index in [-0.39, 0.29) is 12.5 Å². The van der Waals surface area contributed by atoms with E-state index in [4.69, 9.17) is 15.2 Å². The number of hydrogen-bond donors (Lipinski definition) is 1. The van der Waals surface area contributed by atoms with Gasteiger partial charge in [-0.05, 0) is 19.1 Å². The molecule has 0 aliphatic carbocycles. The Balaban J connectivity index is 2.50. The molecule has 1 aromatic rings. The fourth-order valence-electron chi connectivity index (χ4n) is 1.54. The quantitative estimate of drug-likeness (QED) is 0.782. The van der Waals surface area contributed by atoms with Crippen LogP contribution in [0.5, 0.6) is 11.5 Å². The van der Waals surface area contributed by atoms with Crippen molar-refractivity contribution in [3.63, 3.8) is 0 Å². The Labute approximate surface area is 107 Å². The first kappa shape index (κ1) is 14.3. The highest BCUT2D eigenvalue weighted by molar-refractivity contribution is 5.77. The highest BCUT2D eigenvalue weighted by Crippen LogP contribution is 2.18. The third-order valence-corrected chi connectivity index (χ3v) is 2.54. The van der Waals surface area contributed by atoms with E-state index in [2.05, 4.69) is 0 Å². The van der Waals surface area contributed by atoms with Gasteiger partial charge in [-0.2, -0.15) is 0 Å². The van der Waals surface area contributed by atoms with Gasteiger partial charge >= 0.3 is 0 Å². The lowest BCUT2D eigenvalue weighted by Crippen LogP contribution is -2.38. The summed E-state index contributed by atoms with van der Waals surface area (Å²) in [5, 5.41) is 0. The standard InChI is InChI=1S/C13H20N2O3/c1-3-15(8-7-14)13(16)10-18-12-6-4-5-11(9-12)17-2/h4-6,9H,3,7-8,10,14H2,1-2H3. The predicted octanol–water partition coefficient (Wildman–Crippen LogP) is 0.881. The number of rotatable bonds is 7. The maximum atomic E-state index is 11.8. The van der Waals surface area contributed by atoms with Crippen molar-refractivity contribution in [2.24, 2.45) is 5.73 Å². The molecule has 18 heavy (non-hydrogen) atoms. The van der Waals surface area contributed by atoms with Crippen LogP contribution in [0.3, 0.4) is 0 Å². The molecule has 0 unspecified atom stereocenters. The summed E-state index contributed by atoms with van der Waals surface area (Å²) in [4.78, 5) is 13.5. The third-order valence-electron chi connectivity index (χ3n) is 2.54. The summed E-state index contributed by atoms with van der Waals surface area (Å²) in [5.74, 6) is 1.26. The minimum Gasteiger partial charge on any atom is -0.497 e. The molecule has 1 aromatic carbocycles. The molecule has 0 saturated carbocycles. The maximum Gasteiger partial charge on any atom is 0.260 e. The van der Waals surface area contributed by atoms with Crippen LogP contribution in [0.4, 0.5) is 0 Å². The smallest absolute Gasteiger partial charge is 0.260 e. The predicted molar refractivity (Wildman–Crippen MR) is 69.8 cm³/mol. The van der Waals surface area contributed by atoms with E-state index >= 15 is 0 Å². The van der Waals surface area contributed by atoms with Crippen LogP contribution in [0.25, 0.3) is 0 Å². The summed E-state index contributed by atoms with van der Waals surface area (Å²) in [6, 6.07) is 7.17. The summed E-state index contributed by atoms with van der Waals surface area (Å²) in [6.45, 7) is 3.58. The zero-order chi connectivity index (χ0) is 13.4. The van der Waals surface area contributed by atoms with Gasteiger partial charge in [0, 0.05) is 25.7 Å². The van der Waals surface area contributed by atoms with Gasteiger partial charge in [0.15, 0.2) is 6.61 Å². The number of methoxy groups -OCH3 is 1. The molecule has 1 rings (SSSR count). The Kier molecular flexibility index (Phi) is 6.00. The summed E-state index contributed by atoms with van der Waals surface area (Å²) >= 11 is 0. The monoisotopic (exact) mass is 252 g/mol. The van der Waals surface area contributed by atoms with Crippen molar-refractivity contribution in [1.82, 2.24) is 4.90 Å². The molecular weight excluding hydrogens is 232 g/mol. The van der Waals surface area contributed by atoms with Crippen LogP contribution in [0.2, 0.25) is 0 Å². The zero-order valence-electron chi connectivity index (χ0n) is 10.9. The third kappa shape index (κ3) is 4.25. The summed E-state index contributed by atoms with van der Waals surface area (Å²) < 4.78 is 10.5. The molecule has 0 bridgehead atoms. The molecule has 2 N–H and O–H groups in total. The Hall–Kier alpha value is -1.75. The summed E-state index contributed by atoms with van der Waals surface area (Å²) in [5.41, 5.74) is 5.44. The van der Waals surface area contributed by atoms with E-state index in [1.807, 2.05) is 19.1 Å². The van der Waals surface area contributed by atoms with Gasteiger partial charge in [-0.25, -0.2) is 0 Å². The number of hydrogen-bond acceptors (Lipinski definition) is 4. The van der Waals surface area contributed by atoms with E-state index in [9.17, 15) is 4.79 Å². The molecule has 0 spiro atoms. The molecule has 0 saturated heterocycles. The molecule has 5 heteroatoms. The molecule has 0 heterocycles. The van der Waals surface area contributed by atoms with Crippen LogP contribution in [0, 0.1) is 0 Å². The molecule has 5 nitrogen and oxygen atoms in total. The van der Waals surface area contributed by atoms with Crippen molar-refractivity contribution in [2.75, 3.05) is 33.4 Å². The lowest BCUT2D eigenvalue weighted by atomic mass is 10.3. The SMILES string of the molecule is CCN(CCN)C(=O)COc1cccc(OC)c1. The van der Waals surface area contributed by atoms with Gasteiger partial charge in [0.05, 0.1) is 7.11 Å². The number of amides is 1. The molecule has 0 aliphatic heterocycles. The fourth-order valence-corrected chi connectivity index (χ4v) is 1.54. The van der Waals surface area contributed by atoms with Crippen molar-refractivity contribution in [2.45, 2.75) is 6.92 Å². The first-order chi connectivity index (χ1) is 8.71. The molecule has 0 fully saturated rings. The van der Waals surface area contributed by atoms with Crippen molar-refractivity contribution < 1.29 is 14.3 Å². The van der Waals surface area contributed by atoms with Gasteiger partial charge in [0.2, 0.25) is 0 Å². The molecule has 0 radical (unpaired) electrons. The van der Waals surface area contributed by atoms with E-state index in [1.54, 1.807) is 24.1 Å². The Bertz CT molecular complexity index is 382. The lowest BCUT2D eigenvalue weighted by Gasteiger charge is -2.20. The average molecular weight is 252 g/mol. The molecule has 1 amide bonds. The van der Waals surface area contributed by atoms with E-state index in [0.29, 0.717) is 31.1 Å². The first-order valence-corrected chi connectivity index (χ1v) is 5.96. The number of nitrogens with two attached hydrogens (primary N) is 1. The second-order valence-corrected chi connectivity index (χ2v) is 3.73. The Morgan fingerprint density at radius 2 is 2.11 bits per heavy atom. The highest BCUT2D eigenvalue weighted by atomic mass is 16.5. The van der Waals surface area contributed by atoms with Crippen LogP contribution < -0.4 is 15.2 Å². The fraction of sp³-hybridized carbons (Fsp3) is 0.462. The van der Waals surface area contributed by atoms with Gasteiger partial charge in [0.25, 0.3) is 5.91 Å². The van der Waals surface area contributed by atoms with E-state index in [1.165, 1.54) is 0 Å². The van der Waals surface area contributed by atoms with Crippen LogP contribution in [-0.4, -0.2) is 44.2 Å². The van der Waals surface area contributed by atoms with Crippen molar-refractivity contribution in [3.8, 4) is 11.5 Å². The molecular formula is C13H20N2O3. The highest BCUT2D eigenvalue weighted by Gasteiger charge is 2.11. The van der Waals surface area contributed by atoms with Crippen molar-refractivity contribution >= 4 is 5.91 Å². The van der Waals surface area contributed by atoms with E-state index < -0.39 is 0 Å². The topological polar surface area (TPSA) is 64.8 Å². The van der Waals surface area contributed by atoms with Crippen LogP contribution in [-0.2, 0) is 4.79 Å². The minimum absolute atomic E-state index is 0.0149. The normalized spacial score (nSPS) is 9.94. The van der Waals surface area contributed by atoms with Crippen LogP contribution >= 0.6 is 0 Å². The van der Waals surface area contributed by atoms with Crippen molar-refractivity contribution in [1.29, 1.82) is 0 Å². The number of nitrogens with zero attached hydrogens (tertiary/aromatic N) is 1. The van der Waals surface area contributed by atoms with Gasteiger partial charge in [-0.1, -0.05) is 6.07 Å². The number of carbonyl (C=O) groups is 1.